The number of benzene rings is 1. The molecule has 0 amide bonds. The third-order valence-electron chi connectivity index (χ3n) is 1.99. The van der Waals surface area contributed by atoms with E-state index < -0.39 is 28.2 Å². The van der Waals surface area contributed by atoms with Crippen molar-refractivity contribution in [1.29, 1.82) is 0 Å². The number of halogens is 3. The standard InChI is InChI=1S/C10H11F3O4S/c1-7-3-2-4-8(5-7)17-9(10(11,12)13)6-18(14,15)16/h2-5,9H,6H2,1H3,(H,14,15,16). The van der Waals surface area contributed by atoms with Crippen molar-refractivity contribution < 1.29 is 30.9 Å². The van der Waals surface area contributed by atoms with Crippen LogP contribution in [-0.2, 0) is 10.1 Å². The second kappa shape index (κ2) is 5.15. The molecule has 1 atom stereocenters. The molecule has 0 aromatic heterocycles. The normalized spacial score (nSPS) is 14.3. The maximum Gasteiger partial charge on any atom is 0.426 e. The lowest BCUT2D eigenvalue weighted by Gasteiger charge is -2.20. The smallest absolute Gasteiger partial charge is 0.426 e. The molecule has 1 rings (SSSR count). The Kier molecular flexibility index (Phi) is 4.23. The highest BCUT2D eigenvalue weighted by Crippen LogP contribution is 2.26. The minimum absolute atomic E-state index is 0.110. The van der Waals surface area contributed by atoms with Gasteiger partial charge < -0.3 is 4.74 Å². The Hall–Kier alpha value is -1.28. The van der Waals surface area contributed by atoms with Crippen LogP contribution < -0.4 is 4.74 Å². The largest absolute Gasteiger partial charge is 0.480 e. The monoisotopic (exact) mass is 284 g/mol. The van der Waals surface area contributed by atoms with E-state index >= 15 is 0 Å². The van der Waals surface area contributed by atoms with Gasteiger partial charge in [-0.05, 0) is 24.6 Å². The molecule has 1 aromatic rings. The Balaban J connectivity index is 2.93. The van der Waals surface area contributed by atoms with Crippen molar-refractivity contribution in [2.75, 3.05) is 5.75 Å². The van der Waals surface area contributed by atoms with Gasteiger partial charge in [-0.3, -0.25) is 4.55 Å². The average molecular weight is 284 g/mol. The third kappa shape index (κ3) is 4.92. The van der Waals surface area contributed by atoms with Crippen LogP contribution >= 0.6 is 0 Å². The van der Waals surface area contributed by atoms with Gasteiger partial charge in [0.2, 0.25) is 6.10 Å². The first kappa shape index (κ1) is 14.8. The summed E-state index contributed by atoms with van der Waals surface area (Å²) in [7, 11) is -4.78. The van der Waals surface area contributed by atoms with Crippen molar-refractivity contribution in [2.45, 2.75) is 19.2 Å². The van der Waals surface area contributed by atoms with Gasteiger partial charge in [0.15, 0.2) is 0 Å². The molecule has 102 valence electrons. The Morgan fingerprint density at radius 3 is 2.44 bits per heavy atom. The van der Waals surface area contributed by atoms with Gasteiger partial charge in [-0.1, -0.05) is 12.1 Å². The molecular formula is C10H11F3O4S. The number of rotatable bonds is 4. The molecule has 0 bridgehead atoms. The summed E-state index contributed by atoms with van der Waals surface area (Å²) in [4.78, 5) is 0. The fraction of sp³-hybridized carbons (Fsp3) is 0.400. The van der Waals surface area contributed by atoms with Gasteiger partial charge in [0.1, 0.15) is 11.5 Å². The van der Waals surface area contributed by atoms with Gasteiger partial charge in [0.05, 0.1) is 0 Å². The molecule has 1 aromatic carbocycles. The minimum atomic E-state index is -4.89. The van der Waals surface area contributed by atoms with Crippen molar-refractivity contribution in [3.8, 4) is 5.75 Å². The first-order chi connectivity index (χ1) is 8.08. The molecule has 0 radical (unpaired) electrons. The number of alkyl halides is 3. The lowest BCUT2D eigenvalue weighted by atomic mass is 10.2. The van der Waals surface area contributed by atoms with Crippen LogP contribution in [0.1, 0.15) is 5.56 Å². The first-order valence-corrected chi connectivity index (χ1v) is 6.44. The van der Waals surface area contributed by atoms with Crippen LogP contribution in [0.4, 0.5) is 13.2 Å². The molecule has 0 fully saturated rings. The van der Waals surface area contributed by atoms with Crippen molar-refractivity contribution in [2.24, 2.45) is 0 Å². The molecule has 1 unspecified atom stereocenters. The molecule has 0 spiro atoms. The lowest BCUT2D eigenvalue weighted by molar-refractivity contribution is -0.188. The molecule has 0 aliphatic rings. The second-order valence-electron chi connectivity index (χ2n) is 3.71. The van der Waals surface area contributed by atoms with E-state index in [1.807, 2.05) is 0 Å². The van der Waals surface area contributed by atoms with E-state index in [0.717, 1.165) is 0 Å². The van der Waals surface area contributed by atoms with Crippen LogP contribution in [0.2, 0.25) is 0 Å². The van der Waals surface area contributed by atoms with E-state index in [9.17, 15) is 21.6 Å². The average Bonchev–Trinajstić information content (AvgIpc) is 2.13. The quantitative estimate of drug-likeness (QED) is 0.861. The van der Waals surface area contributed by atoms with Crippen molar-refractivity contribution in [3.63, 3.8) is 0 Å². The van der Waals surface area contributed by atoms with Crippen LogP contribution in [0, 0.1) is 6.92 Å². The summed E-state index contributed by atoms with van der Waals surface area (Å²) in [6, 6.07) is 5.74. The summed E-state index contributed by atoms with van der Waals surface area (Å²) in [5.74, 6) is -1.65. The topological polar surface area (TPSA) is 63.6 Å². The number of hydrogen-bond acceptors (Lipinski definition) is 3. The predicted octanol–water partition coefficient (Wildman–Crippen LogP) is 2.19. The Labute approximate surface area is 102 Å². The van der Waals surface area contributed by atoms with Gasteiger partial charge in [0, 0.05) is 0 Å². The van der Waals surface area contributed by atoms with Crippen LogP contribution in [0.5, 0.6) is 5.75 Å². The van der Waals surface area contributed by atoms with Gasteiger partial charge >= 0.3 is 6.18 Å². The molecule has 0 heterocycles. The molecular weight excluding hydrogens is 273 g/mol. The Morgan fingerprint density at radius 2 is 2.00 bits per heavy atom. The Bertz CT molecular complexity index is 510. The van der Waals surface area contributed by atoms with Crippen molar-refractivity contribution >= 4 is 10.1 Å². The van der Waals surface area contributed by atoms with Crippen LogP contribution in [0.15, 0.2) is 24.3 Å². The summed E-state index contributed by atoms with van der Waals surface area (Å²) in [6.07, 6.45) is -7.49. The summed E-state index contributed by atoms with van der Waals surface area (Å²) < 4.78 is 71.7. The highest BCUT2D eigenvalue weighted by Gasteiger charge is 2.44. The van der Waals surface area contributed by atoms with E-state index in [-0.39, 0.29) is 5.75 Å². The Morgan fingerprint density at radius 1 is 1.39 bits per heavy atom. The van der Waals surface area contributed by atoms with E-state index in [4.69, 9.17) is 4.55 Å². The molecule has 0 aliphatic heterocycles. The second-order valence-corrected chi connectivity index (χ2v) is 5.21. The maximum absolute atomic E-state index is 12.5. The fourth-order valence-electron chi connectivity index (χ4n) is 1.24. The predicted molar refractivity (Wildman–Crippen MR) is 58.1 cm³/mol. The highest BCUT2D eigenvalue weighted by molar-refractivity contribution is 7.85. The molecule has 0 saturated carbocycles. The van der Waals surface area contributed by atoms with Gasteiger partial charge in [0.25, 0.3) is 10.1 Å². The molecule has 0 saturated heterocycles. The molecule has 0 aliphatic carbocycles. The minimum Gasteiger partial charge on any atom is -0.480 e. The lowest BCUT2D eigenvalue weighted by Crippen LogP contribution is -2.40. The fourth-order valence-corrected chi connectivity index (χ4v) is 1.88. The van der Waals surface area contributed by atoms with E-state index in [1.54, 1.807) is 13.0 Å². The summed E-state index contributed by atoms with van der Waals surface area (Å²) in [5, 5.41) is 0. The number of aryl methyl sites for hydroxylation is 1. The van der Waals surface area contributed by atoms with Crippen molar-refractivity contribution in [1.82, 2.24) is 0 Å². The SMILES string of the molecule is Cc1cccc(OC(CS(=O)(=O)O)C(F)(F)F)c1. The molecule has 4 nitrogen and oxygen atoms in total. The van der Waals surface area contributed by atoms with E-state index in [1.165, 1.54) is 18.2 Å². The van der Waals surface area contributed by atoms with Gasteiger partial charge in [-0.15, -0.1) is 0 Å². The summed E-state index contributed by atoms with van der Waals surface area (Å²) >= 11 is 0. The molecule has 8 heteroatoms. The third-order valence-corrected chi connectivity index (χ3v) is 2.72. The van der Waals surface area contributed by atoms with Crippen LogP contribution in [0.25, 0.3) is 0 Å². The maximum atomic E-state index is 12.5. The zero-order valence-corrected chi connectivity index (χ0v) is 10.1. The zero-order valence-electron chi connectivity index (χ0n) is 9.31. The molecule has 1 N–H and O–H groups in total. The van der Waals surface area contributed by atoms with Crippen LogP contribution in [0.3, 0.4) is 0 Å². The first-order valence-electron chi connectivity index (χ1n) is 4.83. The molecule has 18 heavy (non-hydrogen) atoms. The highest BCUT2D eigenvalue weighted by atomic mass is 32.2. The summed E-state index contributed by atoms with van der Waals surface area (Å²) in [5.41, 5.74) is 0.667. The van der Waals surface area contributed by atoms with Gasteiger partial charge in [-0.2, -0.15) is 21.6 Å². The number of ether oxygens (including phenoxy) is 1. The van der Waals surface area contributed by atoms with E-state index in [2.05, 4.69) is 4.74 Å². The van der Waals surface area contributed by atoms with Crippen molar-refractivity contribution in [3.05, 3.63) is 29.8 Å². The summed E-state index contributed by atoms with van der Waals surface area (Å²) in [6.45, 7) is 1.65. The van der Waals surface area contributed by atoms with Gasteiger partial charge in [-0.25, -0.2) is 0 Å². The van der Waals surface area contributed by atoms with Crippen LogP contribution in [-0.4, -0.2) is 31.0 Å². The van der Waals surface area contributed by atoms with E-state index in [0.29, 0.717) is 5.56 Å². The zero-order chi connectivity index (χ0) is 14.0. The number of hydrogen-bond donors (Lipinski definition) is 1.